The van der Waals surface area contributed by atoms with Gasteiger partial charge in [0.15, 0.2) is 0 Å². The van der Waals surface area contributed by atoms with Gasteiger partial charge in [0.2, 0.25) is 0 Å². The van der Waals surface area contributed by atoms with Crippen molar-refractivity contribution in [3.8, 4) is 0 Å². The highest BCUT2D eigenvalue weighted by molar-refractivity contribution is 7.17. The Morgan fingerprint density at radius 1 is 1.21 bits per heavy atom. The minimum atomic E-state index is -4.64. The molecule has 0 saturated carbocycles. The van der Waals surface area contributed by atoms with Gasteiger partial charge in [-0.3, -0.25) is 0 Å². The Bertz CT molecular complexity index is 469. The largest absolute Gasteiger partial charge is 0.419 e. The molecule has 0 amide bonds. The van der Waals surface area contributed by atoms with Crippen LogP contribution in [0, 0.1) is 11.9 Å². The average molecular weight is 219 g/mol. The monoisotopic (exact) mass is 219 g/mol. The summed E-state index contributed by atoms with van der Waals surface area (Å²) in [5.41, 5.74) is -1.24. The van der Waals surface area contributed by atoms with Crippen LogP contribution in [0.25, 0.3) is 10.1 Å². The number of rotatable bonds is 0. The second-order valence-electron chi connectivity index (χ2n) is 2.68. The highest BCUT2D eigenvalue weighted by Crippen LogP contribution is 2.35. The van der Waals surface area contributed by atoms with Crippen molar-refractivity contribution < 1.29 is 17.6 Å². The topological polar surface area (TPSA) is 0 Å². The third-order valence-electron chi connectivity index (χ3n) is 1.80. The second kappa shape index (κ2) is 2.95. The van der Waals surface area contributed by atoms with Crippen molar-refractivity contribution in [3.05, 3.63) is 35.0 Å². The first-order valence-electron chi connectivity index (χ1n) is 3.65. The van der Waals surface area contributed by atoms with Gasteiger partial charge in [0.25, 0.3) is 0 Å². The van der Waals surface area contributed by atoms with Crippen molar-refractivity contribution in [1.29, 1.82) is 0 Å². The lowest BCUT2D eigenvalue weighted by Crippen LogP contribution is -2.07. The van der Waals surface area contributed by atoms with Gasteiger partial charge in [-0.15, -0.1) is 11.3 Å². The Morgan fingerprint density at radius 3 is 2.57 bits per heavy atom. The molecule has 0 fully saturated rings. The Kier molecular flexibility index (Phi) is 1.99. The summed E-state index contributed by atoms with van der Waals surface area (Å²) in [6.45, 7) is 0. The van der Waals surface area contributed by atoms with Crippen LogP contribution in [0.5, 0.6) is 0 Å². The Labute approximate surface area is 80.8 Å². The van der Waals surface area contributed by atoms with Crippen LogP contribution in [-0.4, -0.2) is 0 Å². The zero-order valence-electron chi connectivity index (χ0n) is 6.65. The maximum Gasteiger partial charge on any atom is 0.419 e. The Balaban J connectivity index is 2.74. The van der Waals surface area contributed by atoms with Gasteiger partial charge in [0.1, 0.15) is 5.82 Å². The zero-order chi connectivity index (χ0) is 10.3. The van der Waals surface area contributed by atoms with Crippen molar-refractivity contribution >= 4 is 21.4 Å². The number of fused-ring (bicyclic) bond motifs is 1. The van der Waals surface area contributed by atoms with Crippen LogP contribution >= 0.6 is 11.3 Å². The smallest absolute Gasteiger partial charge is 0.206 e. The summed E-state index contributed by atoms with van der Waals surface area (Å²) in [4.78, 5) is 0. The van der Waals surface area contributed by atoms with Crippen LogP contribution in [0.2, 0.25) is 0 Å². The summed E-state index contributed by atoms with van der Waals surface area (Å²) >= 11 is 1.16. The molecule has 2 aromatic rings. The molecule has 0 atom stereocenters. The van der Waals surface area contributed by atoms with Gasteiger partial charge in [-0.25, -0.2) is 4.39 Å². The molecule has 0 aliphatic rings. The van der Waals surface area contributed by atoms with E-state index >= 15 is 0 Å². The van der Waals surface area contributed by atoms with Crippen molar-refractivity contribution in [2.24, 2.45) is 0 Å². The summed E-state index contributed by atoms with van der Waals surface area (Å²) in [6.07, 6.45) is -4.64. The lowest BCUT2D eigenvalue weighted by molar-refractivity contribution is -0.139. The molecule has 1 heterocycles. The summed E-state index contributed by atoms with van der Waals surface area (Å²) in [5, 5.41) is 1.35. The predicted octanol–water partition coefficient (Wildman–Crippen LogP) is 3.86. The van der Waals surface area contributed by atoms with Crippen molar-refractivity contribution in [1.82, 2.24) is 0 Å². The molecule has 0 saturated heterocycles. The predicted molar refractivity (Wildman–Crippen MR) is 45.6 cm³/mol. The normalized spacial score (nSPS) is 12.3. The Morgan fingerprint density at radius 2 is 1.93 bits per heavy atom. The fraction of sp³-hybridized carbons (Fsp3) is 0.111. The third kappa shape index (κ3) is 1.37. The highest BCUT2D eigenvalue weighted by Gasteiger charge is 2.34. The van der Waals surface area contributed by atoms with E-state index < -0.39 is 17.6 Å². The van der Waals surface area contributed by atoms with E-state index in [0.717, 1.165) is 17.4 Å². The third-order valence-corrected chi connectivity index (χ3v) is 2.63. The summed E-state index contributed by atoms with van der Waals surface area (Å²) in [7, 11) is 0. The molecule has 5 heteroatoms. The zero-order valence-corrected chi connectivity index (χ0v) is 7.47. The molecule has 1 aromatic heterocycles. The number of alkyl halides is 3. The number of halogens is 4. The van der Waals surface area contributed by atoms with Crippen LogP contribution in [-0.2, 0) is 6.18 Å². The highest BCUT2D eigenvalue weighted by atomic mass is 32.1. The van der Waals surface area contributed by atoms with E-state index in [1.807, 2.05) is 0 Å². The molecule has 1 aromatic carbocycles. The number of hydrogen-bond acceptors (Lipinski definition) is 1. The van der Waals surface area contributed by atoms with E-state index in [1.165, 1.54) is 11.4 Å². The average Bonchev–Trinajstić information content (AvgIpc) is 2.50. The fourth-order valence-corrected chi connectivity index (χ4v) is 1.88. The molecule has 0 nitrogen and oxygen atoms in total. The van der Waals surface area contributed by atoms with E-state index in [0.29, 0.717) is 4.70 Å². The maximum absolute atomic E-state index is 13.3. The SMILES string of the molecule is Fc1c(C(F)(F)F)ccc2sc[c]c12. The molecule has 0 aliphatic carbocycles. The first kappa shape index (κ1) is 9.45. The van der Waals surface area contributed by atoms with Crippen LogP contribution in [0.1, 0.15) is 5.56 Å². The van der Waals surface area contributed by atoms with Crippen LogP contribution in [0.3, 0.4) is 0 Å². The number of benzene rings is 1. The van der Waals surface area contributed by atoms with E-state index in [-0.39, 0.29) is 5.39 Å². The molecule has 0 unspecified atom stereocenters. The molecule has 0 N–H and O–H groups in total. The van der Waals surface area contributed by atoms with E-state index in [1.54, 1.807) is 0 Å². The summed E-state index contributed by atoms with van der Waals surface area (Å²) in [5.74, 6) is -1.24. The van der Waals surface area contributed by atoms with Gasteiger partial charge in [-0.1, -0.05) is 0 Å². The molecular weight excluding hydrogens is 216 g/mol. The molecule has 0 bridgehead atoms. The lowest BCUT2D eigenvalue weighted by Gasteiger charge is -2.07. The standard InChI is InChI=1S/C9H3F4S/c10-8-5-3-4-14-7(5)2-1-6(8)9(11,12)13/h1-2,4H. The van der Waals surface area contributed by atoms with Gasteiger partial charge in [-0.05, 0) is 17.5 Å². The van der Waals surface area contributed by atoms with Gasteiger partial charge < -0.3 is 0 Å². The van der Waals surface area contributed by atoms with Crippen LogP contribution in [0.15, 0.2) is 17.5 Å². The molecule has 1 radical (unpaired) electrons. The van der Waals surface area contributed by atoms with Gasteiger partial charge in [0, 0.05) is 16.2 Å². The molecule has 2 rings (SSSR count). The molecule has 0 aliphatic heterocycles. The second-order valence-corrected chi connectivity index (χ2v) is 3.59. The van der Waals surface area contributed by atoms with Crippen LogP contribution < -0.4 is 0 Å². The molecule has 14 heavy (non-hydrogen) atoms. The van der Waals surface area contributed by atoms with E-state index in [2.05, 4.69) is 6.07 Å². The fourth-order valence-electron chi connectivity index (χ4n) is 1.16. The molecular formula is C9H3F4S. The summed E-state index contributed by atoms with van der Waals surface area (Å²) < 4.78 is 50.4. The van der Waals surface area contributed by atoms with E-state index in [4.69, 9.17) is 0 Å². The van der Waals surface area contributed by atoms with Gasteiger partial charge in [-0.2, -0.15) is 13.2 Å². The first-order chi connectivity index (χ1) is 6.50. The quantitative estimate of drug-likeness (QED) is 0.590. The number of hydrogen-bond donors (Lipinski definition) is 0. The van der Waals surface area contributed by atoms with Crippen LogP contribution in [0.4, 0.5) is 17.6 Å². The van der Waals surface area contributed by atoms with Crippen molar-refractivity contribution in [2.45, 2.75) is 6.18 Å². The minimum Gasteiger partial charge on any atom is -0.206 e. The van der Waals surface area contributed by atoms with E-state index in [9.17, 15) is 17.6 Å². The van der Waals surface area contributed by atoms with Crippen molar-refractivity contribution in [2.75, 3.05) is 0 Å². The maximum atomic E-state index is 13.3. The first-order valence-corrected chi connectivity index (χ1v) is 4.52. The lowest BCUT2D eigenvalue weighted by atomic mass is 10.1. The van der Waals surface area contributed by atoms with Gasteiger partial charge in [0.05, 0.1) is 5.56 Å². The number of thiophene rings is 1. The van der Waals surface area contributed by atoms with Gasteiger partial charge >= 0.3 is 6.18 Å². The molecule has 73 valence electrons. The minimum absolute atomic E-state index is 0.0928. The summed E-state index contributed by atoms with van der Waals surface area (Å²) in [6, 6.07) is 4.45. The Hall–Kier alpha value is -1.10. The van der Waals surface area contributed by atoms with Crippen molar-refractivity contribution in [3.63, 3.8) is 0 Å². The molecule has 0 spiro atoms.